The summed E-state index contributed by atoms with van der Waals surface area (Å²) in [5.41, 5.74) is 4.96. The van der Waals surface area contributed by atoms with E-state index in [1.165, 1.54) is 0 Å². The molecule has 0 fully saturated rings. The second kappa shape index (κ2) is 0.925. The van der Waals surface area contributed by atoms with Gasteiger partial charge in [0.15, 0.2) is 0 Å². The minimum Gasteiger partial charge on any atom is -0.365 e. The minimum atomic E-state index is 0.176. The van der Waals surface area contributed by atoms with Crippen LogP contribution >= 0.6 is 0 Å². The molecule has 0 amide bonds. The van der Waals surface area contributed by atoms with Crippen LogP contribution in [-0.2, 0) is 0 Å². The molecule has 0 saturated carbocycles. The lowest BCUT2D eigenvalue weighted by Crippen LogP contribution is -1.84. The molecule has 6 heavy (non-hydrogen) atoms. The number of hydrogen-bond donors (Lipinski definition) is 2. The van der Waals surface area contributed by atoms with Crippen molar-refractivity contribution < 1.29 is 0 Å². The third-order valence-corrected chi connectivity index (χ3v) is 0.362. The molecule has 0 unspecified atom stereocenters. The molecule has 3 N–H and O–H groups in total. The monoisotopic (exact) mass is 91.0 g/mol. The first-order valence-electron chi connectivity index (χ1n) is 1.38. The lowest BCUT2D eigenvalue weighted by molar-refractivity contribution is 0.881. The van der Waals surface area contributed by atoms with Gasteiger partial charge < -0.3 is 5.73 Å². The lowest BCUT2D eigenvalue weighted by atomic mass is 12.2. The summed E-state index contributed by atoms with van der Waals surface area (Å²) in [7, 11) is 0. The van der Waals surface area contributed by atoms with E-state index in [9.17, 15) is 0 Å². The molecule has 1 rings (SSSR count). The molecule has 0 aliphatic carbocycles. The highest BCUT2D eigenvalue weighted by Crippen LogP contribution is 1.72. The van der Waals surface area contributed by atoms with Crippen molar-refractivity contribution in [2.75, 3.05) is 5.73 Å². The number of nitrogens with zero attached hydrogens (tertiary/aromatic N) is 3. The molecule has 0 atom stereocenters. The number of hydrogen-bond acceptors (Lipinski definition) is 4. The molecule has 0 spiro atoms. The predicted octanol–water partition coefficient (Wildman–Crippen LogP) is -1.22. The number of nitrogens with two attached hydrogens (primary N) is 1. The van der Waals surface area contributed by atoms with Gasteiger partial charge >= 0.3 is 0 Å². The lowest BCUT2D eigenvalue weighted by Gasteiger charge is -1.62. The van der Waals surface area contributed by atoms with E-state index in [1.54, 1.807) is 0 Å². The van der Waals surface area contributed by atoms with Crippen LogP contribution in [0.2, 0.25) is 0 Å². The Morgan fingerprint density at radius 1 is 1.67 bits per heavy atom. The van der Waals surface area contributed by atoms with Crippen LogP contribution in [0.25, 0.3) is 0 Å². The largest absolute Gasteiger partial charge is 0.365 e. The zero-order chi connectivity index (χ0) is 4.41. The molecule has 0 aromatic carbocycles. The van der Waals surface area contributed by atoms with Crippen LogP contribution in [0, 0.1) is 0 Å². The van der Waals surface area contributed by atoms with Crippen molar-refractivity contribution in [2.24, 2.45) is 0 Å². The standard InChI is InChI=1S/CH3N5/c2-1-3-5-6-4-1/h(H3,2,3,4,5,6)/i1+1,2+1,3+1,4+1,5+1,6+1. The van der Waals surface area contributed by atoms with E-state index in [4.69, 9.17) is 5.73 Å². The highest BCUT2D eigenvalue weighted by atomic mass is 16.5. The summed E-state index contributed by atoms with van der Waals surface area (Å²) in [6, 6.07) is 0. The maximum atomic E-state index is 4.96. The summed E-state index contributed by atoms with van der Waals surface area (Å²) in [5, 5.41) is 12.0. The van der Waals surface area contributed by atoms with Gasteiger partial charge in [-0.25, -0.2) is 0 Å². The molecular formula is CH3N5. The van der Waals surface area contributed by atoms with Crippen molar-refractivity contribution in [2.45, 2.75) is 0 Å². The fraction of sp³-hybridized carbons (Fsp3) is 0. The fourth-order valence-electron chi connectivity index (χ4n) is 0.170. The summed E-state index contributed by atoms with van der Waals surface area (Å²) in [4.78, 5) is 0. The van der Waals surface area contributed by atoms with Crippen molar-refractivity contribution in [1.82, 2.24) is 20.6 Å². The molecule has 0 bridgehead atoms. The molecule has 0 aliphatic heterocycles. The van der Waals surface area contributed by atoms with Crippen molar-refractivity contribution in [3.05, 3.63) is 0 Å². The van der Waals surface area contributed by atoms with Crippen LogP contribution in [-0.4, -0.2) is 20.6 Å². The van der Waals surface area contributed by atoms with E-state index in [2.05, 4.69) is 20.6 Å². The van der Waals surface area contributed by atoms with Gasteiger partial charge in [0.1, 0.15) is 0 Å². The highest BCUT2D eigenvalue weighted by molar-refractivity contribution is 5.05. The molecule has 1 aromatic rings. The summed E-state index contributed by atoms with van der Waals surface area (Å²) in [6.07, 6.45) is 0. The fourth-order valence-corrected chi connectivity index (χ4v) is 0.170. The van der Waals surface area contributed by atoms with E-state index < -0.39 is 0 Å². The second-order valence-corrected chi connectivity index (χ2v) is 0.770. The van der Waals surface area contributed by atoms with Gasteiger partial charge in [0, 0.05) is 0 Å². The number of nitrogen functional groups attached to an aromatic ring is 1. The van der Waals surface area contributed by atoms with Gasteiger partial charge in [-0.3, -0.25) is 0 Å². The SMILES string of the molecule is [15NH2][13c]1[15n][15n][15nH][15n]1. The number of nitrogens with one attached hydrogen (secondary N) is 1. The number of aromatic amines is 1. The Balaban J connectivity index is 3.05. The third-order valence-electron chi connectivity index (χ3n) is 0.362. The average Bonchev–Trinajstić information content (AvgIpc) is 1.86. The summed E-state index contributed by atoms with van der Waals surface area (Å²) in [5.74, 6) is 0.176. The van der Waals surface area contributed by atoms with Gasteiger partial charge in [-0.05, 0) is 5.21 Å². The van der Waals surface area contributed by atoms with E-state index in [0.717, 1.165) is 0 Å². The Labute approximate surface area is 33.5 Å². The van der Waals surface area contributed by atoms with Crippen LogP contribution in [0.5, 0.6) is 0 Å². The maximum Gasteiger partial charge on any atom is 0.260 e. The first kappa shape index (κ1) is 3.08. The number of tetrazole rings is 1. The number of anilines is 1. The quantitative estimate of drug-likeness (QED) is 0.392. The molecule has 5 heteroatoms. The Morgan fingerprint density at radius 2 is 2.50 bits per heavy atom. The van der Waals surface area contributed by atoms with Crippen LogP contribution < -0.4 is 5.73 Å². The Bertz CT molecular complexity index is 107. The van der Waals surface area contributed by atoms with Gasteiger partial charge in [-0.2, -0.15) is 5.21 Å². The van der Waals surface area contributed by atoms with Crippen molar-refractivity contribution >= 4 is 5.95 Å². The van der Waals surface area contributed by atoms with E-state index >= 15 is 0 Å². The molecule has 0 saturated heterocycles. The Morgan fingerprint density at radius 3 is 2.67 bits per heavy atom. The summed E-state index contributed by atoms with van der Waals surface area (Å²) in [6.45, 7) is 0. The Hall–Kier alpha value is -1.13. The van der Waals surface area contributed by atoms with Crippen LogP contribution in [0.4, 0.5) is 5.95 Å². The molecular weight excluding hydrogens is 88.0 g/mol. The van der Waals surface area contributed by atoms with Gasteiger partial charge in [0.05, 0.1) is 0 Å². The molecule has 1 heterocycles. The van der Waals surface area contributed by atoms with Crippen molar-refractivity contribution in [3.8, 4) is 0 Å². The van der Waals surface area contributed by atoms with Gasteiger partial charge in [-0.15, -0.1) is 5.10 Å². The smallest absolute Gasteiger partial charge is 0.260 e. The normalized spacial score (nSPS) is 8.67. The number of rotatable bonds is 0. The third kappa shape index (κ3) is 0.291. The topological polar surface area (TPSA) is 80.5 Å². The van der Waals surface area contributed by atoms with Crippen molar-refractivity contribution in [3.63, 3.8) is 0 Å². The zero-order valence-corrected chi connectivity index (χ0v) is 2.92. The highest BCUT2D eigenvalue weighted by Gasteiger charge is 1.78. The first-order valence-corrected chi connectivity index (χ1v) is 1.38. The zero-order valence-electron chi connectivity index (χ0n) is 2.92. The second-order valence-electron chi connectivity index (χ2n) is 0.770. The summed E-state index contributed by atoms with van der Waals surface area (Å²) < 4.78 is 0. The van der Waals surface area contributed by atoms with Crippen molar-refractivity contribution in [1.29, 1.82) is 0 Å². The number of aromatic nitrogens is 4. The van der Waals surface area contributed by atoms with E-state index in [-0.39, 0.29) is 5.95 Å². The van der Waals surface area contributed by atoms with Gasteiger partial charge in [0.2, 0.25) is 0 Å². The van der Waals surface area contributed by atoms with Gasteiger partial charge in [-0.1, -0.05) is 5.10 Å². The molecule has 32 valence electrons. The summed E-state index contributed by atoms with van der Waals surface area (Å²) >= 11 is 0. The molecule has 5 nitrogen and oxygen atoms in total. The van der Waals surface area contributed by atoms with E-state index in [0.29, 0.717) is 0 Å². The van der Waals surface area contributed by atoms with Crippen LogP contribution in [0.1, 0.15) is 0 Å². The molecule has 0 aliphatic rings. The molecule has 1 aromatic heterocycles. The maximum absolute atomic E-state index is 4.96. The van der Waals surface area contributed by atoms with Gasteiger partial charge in [0.25, 0.3) is 5.95 Å². The number of H-pyrrole nitrogens is 1. The Kier molecular flexibility index (Phi) is 0.474. The van der Waals surface area contributed by atoms with Crippen LogP contribution in [0.15, 0.2) is 0 Å². The average molecular weight is 91.0 g/mol. The molecule has 0 radical (unpaired) electrons. The predicted molar refractivity (Wildman–Crippen MR) is 18.6 cm³/mol. The van der Waals surface area contributed by atoms with E-state index in [1.807, 2.05) is 0 Å². The first-order chi connectivity index (χ1) is 2.89. The minimum absolute atomic E-state index is 0.176. The van der Waals surface area contributed by atoms with Crippen LogP contribution in [0.3, 0.4) is 0 Å².